The molecule has 2 aromatic rings. The minimum atomic E-state index is -0.248. The van der Waals surface area contributed by atoms with Crippen molar-refractivity contribution in [3.63, 3.8) is 0 Å². The largest absolute Gasteiger partial charge is 0.493 e. The number of ether oxygens (including phenoxy) is 1. The Morgan fingerprint density at radius 1 is 1.07 bits per heavy atom. The molecule has 162 valence electrons. The monoisotopic (exact) mass is 412 g/mol. The molecule has 1 amide bonds. The molecule has 4 nitrogen and oxygen atoms in total. The molecule has 0 bridgehead atoms. The van der Waals surface area contributed by atoms with E-state index in [4.69, 9.17) is 4.74 Å². The average Bonchev–Trinajstić information content (AvgIpc) is 2.77. The van der Waals surface area contributed by atoms with Crippen LogP contribution in [0.1, 0.15) is 37.8 Å². The highest BCUT2D eigenvalue weighted by molar-refractivity contribution is 5.79. The molecule has 0 aromatic heterocycles. The molecule has 5 heteroatoms. The van der Waals surface area contributed by atoms with Crippen molar-refractivity contribution in [1.82, 2.24) is 10.6 Å². The van der Waals surface area contributed by atoms with Crippen LogP contribution in [0, 0.1) is 23.6 Å². The Kier molecular flexibility index (Phi) is 8.26. The molecule has 1 aliphatic heterocycles. The van der Waals surface area contributed by atoms with Crippen LogP contribution < -0.4 is 15.4 Å². The van der Waals surface area contributed by atoms with E-state index in [0.717, 1.165) is 42.8 Å². The second-order valence-corrected chi connectivity index (χ2v) is 8.59. The summed E-state index contributed by atoms with van der Waals surface area (Å²) in [4.78, 5) is 13.1. The lowest BCUT2D eigenvalue weighted by molar-refractivity contribution is -0.127. The fourth-order valence-electron chi connectivity index (χ4n) is 3.88. The SMILES string of the molecule is CC(C)COc1ccc(CNC(=O)[C@@H](Cc2ccc(F)cc2)C2CCNCC2)cc1. The Hall–Kier alpha value is -2.40. The van der Waals surface area contributed by atoms with Crippen molar-refractivity contribution in [3.05, 3.63) is 65.5 Å². The molecule has 0 saturated carbocycles. The third kappa shape index (κ3) is 6.84. The van der Waals surface area contributed by atoms with E-state index in [1.807, 2.05) is 24.3 Å². The predicted molar refractivity (Wildman–Crippen MR) is 118 cm³/mol. The van der Waals surface area contributed by atoms with E-state index in [9.17, 15) is 9.18 Å². The maximum Gasteiger partial charge on any atom is 0.223 e. The van der Waals surface area contributed by atoms with Crippen LogP contribution in [0.25, 0.3) is 0 Å². The second-order valence-electron chi connectivity index (χ2n) is 8.59. The van der Waals surface area contributed by atoms with E-state index < -0.39 is 0 Å². The minimum absolute atomic E-state index is 0.0753. The van der Waals surface area contributed by atoms with Crippen molar-refractivity contribution >= 4 is 5.91 Å². The summed E-state index contributed by atoms with van der Waals surface area (Å²) in [5.41, 5.74) is 2.05. The summed E-state index contributed by atoms with van der Waals surface area (Å²) in [5.74, 6) is 1.39. The van der Waals surface area contributed by atoms with Gasteiger partial charge in [-0.2, -0.15) is 0 Å². The van der Waals surface area contributed by atoms with E-state index >= 15 is 0 Å². The minimum Gasteiger partial charge on any atom is -0.493 e. The lowest BCUT2D eigenvalue weighted by atomic mass is 9.80. The molecule has 0 unspecified atom stereocenters. The number of amides is 1. The molecule has 30 heavy (non-hydrogen) atoms. The number of benzene rings is 2. The molecule has 2 N–H and O–H groups in total. The van der Waals surface area contributed by atoms with Crippen molar-refractivity contribution < 1.29 is 13.9 Å². The molecule has 1 heterocycles. The number of rotatable bonds is 9. The molecule has 1 aliphatic rings. The van der Waals surface area contributed by atoms with Crippen LogP contribution in [-0.4, -0.2) is 25.6 Å². The van der Waals surface area contributed by atoms with Crippen LogP contribution in [0.3, 0.4) is 0 Å². The normalized spacial score (nSPS) is 15.7. The van der Waals surface area contributed by atoms with Gasteiger partial charge in [0.15, 0.2) is 0 Å². The zero-order valence-corrected chi connectivity index (χ0v) is 18.0. The van der Waals surface area contributed by atoms with E-state index in [1.54, 1.807) is 12.1 Å². The molecule has 0 radical (unpaired) electrons. The number of carbonyl (C=O) groups excluding carboxylic acids is 1. The Morgan fingerprint density at radius 3 is 2.33 bits per heavy atom. The van der Waals surface area contributed by atoms with E-state index in [1.165, 1.54) is 12.1 Å². The first-order chi connectivity index (χ1) is 14.5. The zero-order chi connectivity index (χ0) is 21.3. The highest BCUT2D eigenvalue weighted by Gasteiger charge is 2.29. The third-order valence-corrected chi connectivity index (χ3v) is 5.63. The van der Waals surface area contributed by atoms with E-state index in [0.29, 0.717) is 31.4 Å². The van der Waals surface area contributed by atoms with Crippen LogP contribution in [0.5, 0.6) is 5.75 Å². The van der Waals surface area contributed by atoms with Gasteiger partial charge in [-0.25, -0.2) is 4.39 Å². The molecule has 1 saturated heterocycles. The molecule has 3 rings (SSSR count). The van der Waals surface area contributed by atoms with Crippen molar-refractivity contribution in [1.29, 1.82) is 0 Å². The van der Waals surface area contributed by atoms with Gasteiger partial charge in [0.05, 0.1) is 6.61 Å². The number of hydrogen-bond acceptors (Lipinski definition) is 3. The van der Waals surface area contributed by atoms with Crippen molar-refractivity contribution in [2.24, 2.45) is 17.8 Å². The van der Waals surface area contributed by atoms with Gasteiger partial charge < -0.3 is 15.4 Å². The number of carbonyl (C=O) groups is 1. The quantitative estimate of drug-likeness (QED) is 0.644. The van der Waals surface area contributed by atoms with Gasteiger partial charge in [-0.05, 0) is 79.6 Å². The summed E-state index contributed by atoms with van der Waals surface area (Å²) in [7, 11) is 0. The lowest BCUT2D eigenvalue weighted by Gasteiger charge is -2.30. The number of hydrogen-bond donors (Lipinski definition) is 2. The second kappa shape index (κ2) is 11.1. The van der Waals surface area contributed by atoms with Gasteiger partial charge in [0.1, 0.15) is 11.6 Å². The third-order valence-electron chi connectivity index (χ3n) is 5.63. The summed E-state index contributed by atoms with van der Waals surface area (Å²) in [6, 6.07) is 14.4. The molecular formula is C25H33FN2O2. The summed E-state index contributed by atoms with van der Waals surface area (Å²) in [6.45, 7) is 7.31. The average molecular weight is 413 g/mol. The van der Waals surface area contributed by atoms with Crippen molar-refractivity contribution in [2.75, 3.05) is 19.7 Å². The van der Waals surface area contributed by atoms with Crippen LogP contribution in [-0.2, 0) is 17.8 Å². The van der Waals surface area contributed by atoms with Crippen LogP contribution in [0.2, 0.25) is 0 Å². The van der Waals surface area contributed by atoms with Gasteiger partial charge in [0, 0.05) is 12.5 Å². The topological polar surface area (TPSA) is 50.4 Å². The van der Waals surface area contributed by atoms with E-state index in [2.05, 4.69) is 24.5 Å². The van der Waals surface area contributed by atoms with Crippen molar-refractivity contribution in [2.45, 2.75) is 39.7 Å². The smallest absolute Gasteiger partial charge is 0.223 e. The molecule has 1 atom stereocenters. The lowest BCUT2D eigenvalue weighted by Crippen LogP contribution is -2.40. The van der Waals surface area contributed by atoms with E-state index in [-0.39, 0.29) is 17.6 Å². The molecule has 0 aliphatic carbocycles. The number of halogens is 1. The summed E-state index contributed by atoms with van der Waals surface area (Å²) < 4.78 is 19.0. The van der Waals surface area contributed by atoms with Gasteiger partial charge >= 0.3 is 0 Å². The van der Waals surface area contributed by atoms with Crippen LogP contribution >= 0.6 is 0 Å². The first-order valence-corrected chi connectivity index (χ1v) is 11.0. The molecule has 0 spiro atoms. The maximum atomic E-state index is 13.3. The Bertz CT molecular complexity index is 784. The van der Waals surface area contributed by atoms with Gasteiger partial charge in [-0.3, -0.25) is 4.79 Å². The van der Waals surface area contributed by atoms with Gasteiger partial charge in [-0.15, -0.1) is 0 Å². The Balaban J connectivity index is 1.60. The summed E-state index contributed by atoms with van der Waals surface area (Å²) in [6.07, 6.45) is 2.61. The van der Waals surface area contributed by atoms with Crippen molar-refractivity contribution in [3.8, 4) is 5.75 Å². The Morgan fingerprint density at radius 2 is 1.70 bits per heavy atom. The number of piperidine rings is 1. The summed E-state index contributed by atoms with van der Waals surface area (Å²) in [5, 5.41) is 6.49. The van der Waals surface area contributed by atoms with Crippen LogP contribution in [0.15, 0.2) is 48.5 Å². The first-order valence-electron chi connectivity index (χ1n) is 11.0. The van der Waals surface area contributed by atoms with Crippen LogP contribution in [0.4, 0.5) is 4.39 Å². The zero-order valence-electron chi connectivity index (χ0n) is 18.0. The van der Waals surface area contributed by atoms with Gasteiger partial charge in [0.2, 0.25) is 5.91 Å². The highest BCUT2D eigenvalue weighted by atomic mass is 19.1. The molecule has 2 aromatic carbocycles. The molecular weight excluding hydrogens is 379 g/mol. The maximum absolute atomic E-state index is 13.3. The number of nitrogens with one attached hydrogen (secondary N) is 2. The standard InChI is InChI=1S/C25H33FN2O2/c1-18(2)17-30-23-9-5-20(6-10-23)16-28-25(29)24(21-11-13-27-14-12-21)15-19-3-7-22(26)8-4-19/h3-10,18,21,24,27H,11-17H2,1-2H3,(H,28,29)/t24-/m0/s1. The highest BCUT2D eigenvalue weighted by Crippen LogP contribution is 2.26. The van der Waals surface area contributed by atoms with Gasteiger partial charge in [0.25, 0.3) is 0 Å². The van der Waals surface area contributed by atoms with Gasteiger partial charge in [-0.1, -0.05) is 38.1 Å². The fraction of sp³-hybridized carbons (Fsp3) is 0.480. The first kappa shape index (κ1) is 22.3. The molecule has 1 fully saturated rings. The summed E-state index contributed by atoms with van der Waals surface area (Å²) >= 11 is 0. The fourth-order valence-corrected chi connectivity index (χ4v) is 3.88. The predicted octanol–water partition coefficient (Wildman–Crippen LogP) is 4.34. The Labute approximate surface area is 179 Å².